The highest BCUT2D eigenvalue weighted by Crippen LogP contribution is 1.98. The topological polar surface area (TPSA) is 66.0 Å². The third kappa shape index (κ3) is 5.23. The van der Waals surface area contributed by atoms with Crippen molar-refractivity contribution in [3.8, 4) is 0 Å². The Hall–Kier alpha value is -0.940. The van der Waals surface area contributed by atoms with Gasteiger partial charge in [0.2, 0.25) is 0 Å². The second-order valence-corrected chi connectivity index (χ2v) is 4.33. The predicted molar refractivity (Wildman–Crippen MR) is 63.1 cm³/mol. The number of aryl methyl sites for hydroxylation is 1. The van der Waals surface area contributed by atoms with Gasteiger partial charge in [0.15, 0.2) is 0 Å². The molecule has 0 aliphatic carbocycles. The van der Waals surface area contributed by atoms with Crippen LogP contribution in [0.15, 0.2) is 6.20 Å². The minimum absolute atomic E-state index is 0.580. The molecular weight excluding hydrogens is 204 g/mol. The molecule has 0 aliphatic rings. The van der Waals surface area contributed by atoms with Crippen LogP contribution in [0, 0.1) is 5.92 Å². The molecule has 0 bridgehead atoms. The Kier molecular flexibility index (Phi) is 6.03. The van der Waals surface area contributed by atoms with Crippen molar-refractivity contribution >= 4 is 0 Å². The molecule has 0 fully saturated rings. The Labute approximate surface area is 97.0 Å². The number of rotatable bonds is 8. The van der Waals surface area contributed by atoms with Crippen LogP contribution in [-0.4, -0.2) is 34.8 Å². The van der Waals surface area contributed by atoms with Gasteiger partial charge in [0, 0.05) is 12.8 Å². The standard InChI is InChI=1S/C11H22N4O/c1-10(2)9-16-7-6-15-8-11(13-14-15)4-3-5-12/h8,10H,3-7,9,12H2,1-2H3. The van der Waals surface area contributed by atoms with Crippen molar-refractivity contribution in [2.45, 2.75) is 33.2 Å². The first-order chi connectivity index (χ1) is 7.72. The summed E-state index contributed by atoms with van der Waals surface area (Å²) in [6.07, 6.45) is 3.83. The van der Waals surface area contributed by atoms with Crippen molar-refractivity contribution in [1.82, 2.24) is 15.0 Å². The maximum absolute atomic E-state index is 5.48. The van der Waals surface area contributed by atoms with Gasteiger partial charge in [-0.1, -0.05) is 19.1 Å². The van der Waals surface area contributed by atoms with E-state index in [2.05, 4.69) is 24.2 Å². The van der Waals surface area contributed by atoms with Gasteiger partial charge < -0.3 is 10.5 Å². The first-order valence-electron chi connectivity index (χ1n) is 5.89. The summed E-state index contributed by atoms with van der Waals surface area (Å²) in [5, 5.41) is 8.10. The molecule has 0 amide bonds. The molecule has 1 rings (SSSR count). The van der Waals surface area contributed by atoms with E-state index in [1.807, 2.05) is 10.9 Å². The highest BCUT2D eigenvalue weighted by atomic mass is 16.5. The Morgan fingerprint density at radius 3 is 3.00 bits per heavy atom. The van der Waals surface area contributed by atoms with Crippen LogP contribution in [0.5, 0.6) is 0 Å². The Bertz CT molecular complexity index is 285. The second kappa shape index (κ2) is 7.35. The Morgan fingerprint density at radius 1 is 1.50 bits per heavy atom. The molecule has 2 N–H and O–H groups in total. The number of hydrogen-bond acceptors (Lipinski definition) is 4. The van der Waals surface area contributed by atoms with E-state index < -0.39 is 0 Å². The van der Waals surface area contributed by atoms with E-state index in [-0.39, 0.29) is 0 Å². The number of hydrogen-bond donors (Lipinski definition) is 1. The molecule has 0 spiro atoms. The van der Waals surface area contributed by atoms with Gasteiger partial charge in [0.25, 0.3) is 0 Å². The van der Waals surface area contributed by atoms with Crippen molar-refractivity contribution in [2.75, 3.05) is 19.8 Å². The first kappa shape index (κ1) is 13.1. The quantitative estimate of drug-likeness (QED) is 0.667. The van der Waals surface area contributed by atoms with Crippen LogP contribution in [0.3, 0.4) is 0 Å². The van der Waals surface area contributed by atoms with E-state index in [1.54, 1.807) is 0 Å². The highest BCUT2D eigenvalue weighted by Gasteiger charge is 2.00. The lowest BCUT2D eigenvalue weighted by atomic mass is 10.2. The van der Waals surface area contributed by atoms with Crippen LogP contribution >= 0.6 is 0 Å². The van der Waals surface area contributed by atoms with E-state index in [0.717, 1.165) is 31.7 Å². The molecule has 0 saturated heterocycles. The van der Waals surface area contributed by atoms with Gasteiger partial charge in [0.1, 0.15) is 0 Å². The van der Waals surface area contributed by atoms with Gasteiger partial charge in [-0.2, -0.15) is 0 Å². The van der Waals surface area contributed by atoms with E-state index in [9.17, 15) is 0 Å². The van der Waals surface area contributed by atoms with Gasteiger partial charge in [-0.05, 0) is 25.3 Å². The normalized spacial score (nSPS) is 11.2. The third-order valence-electron chi connectivity index (χ3n) is 2.14. The molecule has 0 aromatic carbocycles. The maximum Gasteiger partial charge on any atom is 0.0827 e. The van der Waals surface area contributed by atoms with Crippen LogP contribution in [-0.2, 0) is 17.7 Å². The first-order valence-corrected chi connectivity index (χ1v) is 5.89. The monoisotopic (exact) mass is 226 g/mol. The van der Waals surface area contributed by atoms with Crippen LogP contribution in [0.2, 0.25) is 0 Å². The predicted octanol–water partition coefficient (Wildman–Crippen LogP) is 0.842. The maximum atomic E-state index is 5.48. The fourth-order valence-corrected chi connectivity index (χ4v) is 1.32. The fraction of sp³-hybridized carbons (Fsp3) is 0.818. The van der Waals surface area contributed by atoms with Crippen molar-refractivity contribution in [3.63, 3.8) is 0 Å². The Morgan fingerprint density at radius 2 is 2.31 bits per heavy atom. The van der Waals surface area contributed by atoms with Crippen molar-refractivity contribution in [2.24, 2.45) is 11.7 Å². The van der Waals surface area contributed by atoms with Crippen LogP contribution in [0.25, 0.3) is 0 Å². The number of aromatic nitrogens is 3. The van der Waals surface area contributed by atoms with E-state index in [1.165, 1.54) is 0 Å². The van der Waals surface area contributed by atoms with Gasteiger partial charge in [-0.25, -0.2) is 4.68 Å². The zero-order valence-electron chi connectivity index (χ0n) is 10.2. The molecule has 0 unspecified atom stereocenters. The third-order valence-corrected chi connectivity index (χ3v) is 2.14. The second-order valence-electron chi connectivity index (χ2n) is 4.33. The fourth-order valence-electron chi connectivity index (χ4n) is 1.32. The van der Waals surface area contributed by atoms with E-state index in [4.69, 9.17) is 10.5 Å². The van der Waals surface area contributed by atoms with Crippen LogP contribution in [0.4, 0.5) is 0 Å². The lowest BCUT2D eigenvalue weighted by Crippen LogP contribution is -2.09. The lowest BCUT2D eigenvalue weighted by Gasteiger charge is -2.05. The largest absolute Gasteiger partial charge is 0.379 e. The van der Waals surface area contributed by atoms with Gasteiger partial charge in [-0.15, -0.1) is 5.10 Å². The lowest BCUT2D eigenvalue weighted by molar-refractivity contribution is 0.101. The Balaban J connectivity index is 2.19. The summed E-state index contributed by atoms with van der Waals surface area (Å²) >= 11 is 0. The molecule has 0 aliphatic heterocycles. The molecule has 0 atom stereocenters. The average Bonchev–Trinajstić information content (AvgIpc) is 2.69. The molecule has 16 heavy (non-hydrogen) atoms. The molecule has 5 nitrogen and oxygen atoms in total. The number of ether oxygens (including phenoxy) is 1. The summed E-state index contributed by atoms with van der Waals surface area (Å²) in [6.45, 7) is 7.24. The van der Waals surface area contributed by atoms with Gasteiger partial charge >= 0.3 is 0 Å². The van der Waals surface area contributed by atoms with Crippen molar-refractivity contribution in [3.05, 3.63) is 11.9 Å². The minimum Gasteiger partial charge on any atom is -0.379 e. The SMILES string of the molecule is CC(C)COCCn1cc(CCCN)nn1. The summed E-state index contributed by atoms with van der Waals surface area (Å²) in [6, 6.07) is 0. The summed E-state index contributed by atoms with van der Waals surface area (Å²) in [5.74, 6) is 0.580. The van der Waals surface area contributed by atoms with Crippen LogP contribution in [0.1, 0.15) is 26.0 Å². The molecule has 0 saturated carbocycles. The zero-order valence-corrected chi connectivity index (χ0v) is 10.2. The highest BCUT2D eigenvalue weighted by molar-refractivity contribution is 4.92. The molecule has 1 aromatic heterocycles. The summed E-state index contributed by atoms with van der Waals surface area (Å²) < 4.78 is 7.31. The molecule has 0 radical (unpaired) electrons. The summed E-state index contributed by atoms with van der Waals surface area (Å²) in [7, 11) is 0. The molecule has 1 heterocycles. The minimum atomic E-state index is 0.580. The van der Waals surface area contributed by atoms with E-state index in [0.29, 0.717) is 19.1 Å². The number of nitrogens with zero attached hydrogens (tertiary/aromatic N) is 3. The number of nitrogens with two attached hydrogens (primary N) is 1. The molecular formula is C11H22N4O. The van der Waals surface area contributed by atoms with Crippen LogP contribution < -0.4 is 5.73 Å². The zero-order chi connectivity index (χ0) is 11.8. The van der Waals surface area contributed by atoms with E-state index >= 15 is 0 Å². The van der Waals surface area contributed by atoms with Gasteiger partial charge in [0.05, 0.1) is 18.8 Å². The molecule has 5 heteroatoms. The van der Waals surface area contributed by atoms with Crippen molar-refractivity contribution < 1.29 is 4.74 Å². The smallest absolute Gasteiger partial charge is 0.0827 e. The summed E-state index contributed by atoms with van der Waals surface area (Å²) in [4.78, 5) is 0. The van der Waals surface area contributed by atoms with Crippen molar-refractivity contribution in [1.29, 1.82) is 0 Å². The molecule has 92 valence electrons. The molecule has 1 aromatic rings. The van der Waals surface area contributed by atoms with Gasteiger partial charge in [-0.3, -0.25) is 0 Å². The average molecular weight is 226 g/mol. The summed E-state index contributed by atoms with van der Waals surface area (Å²) in [5.41, 5.74) is 6.44.